The maximum absolute atomic E-state index is 12.9. The molecule has 1 saturated heterocycles. The van der Waals surface area contributed by atoms with Crippen LogP contribution in [-0.2, 0) is 18.0 Å². The number of hydrogen-bond acceptors (Lipinski definition) is 5. The average molecular weight is 482 g/mol. The van der Waals surface area contributed by atoms with Gasteiger partial charge in [-0.2, -0.15) is 13.2 Å². The molecule has 1 N–H and O–H groups in total. The monoisotopic (exact) mass is 481 g/mol. The highest BCUT2D eigenvalue weighted by molar-refractivity contribution is 6.31. The van der Waals surface area contributed by atoms with E-state index in [1.54, 1.807) is 34.7 Å². The van der Waals surface area contributed by atoms with Crippen molar-refractivity contribution in [2.45, 2.75) is 19.0 Å². The number of nitro benzene ring substituents is 1. The molecule has 0 unspecified atom stereocenters. The SMILES string of the molecule is Cn1c(NC(=O)C2CCN(c3ccc(C(F)(F)F)cc3[N+](=O)[O-])CC2)nc2cc(Cl)ccc21. The molecule has 4 rings (SSSR count). The molecule has 1 aliphatic heterocycles. The summed E-state index contributed by atoms with van der Waals surface area (Å²) in [5.41, 5.74) is -0.120. The number of fused-ring (bicyclic) bond motifs is 1. The van der Waals surface area contributed by atoms with Crippen LogP contribution in [-0.4, -0.2) is 33.5 Å². The minimum Gasteiger partial charge on any atom is -0.366 e. The molecule has 8 nitrogen and oxygen atoms in total. The zero-order valence-corrected chi connectivity index (χ0v) is 18.2. The Hall–Kier alpha value is -3.34. The summed E-state index contributed by atoms with van der Waals surface area (Å²) in [4.78, 5) is 29.4. The van der Waals surface area contributed by atoms with Crippen molar-refractivity contribution < 1.29 is 22.9 Å². The number of nitro groups is 1. The minimum absolute atomic E-state index is 0.110. The fourth-order valence-electron chi connectivity index (χ4n) is 3.99. The number of nitrogens with one attached hydrogen (secondary N) is 1. The number of piperidine rings is 1. The lowest BCUT2D eigenvalue weighted by Gasteiger charge is -2.32. The van der Waals surface area contributed by atoms with E-state index in [-0.39, 0.29) is 17.5 Å². The predicted octanol–water partition coefficient (Wildman–Crippen LogP) is 5.01. The van der Waals surface area contributed by atoms with Gasteiger partial charge in [-0.15, -0.1) is 0 Å². The molecule has 0 spiro atoms. The van der Waals surface area contributed by atoms with E-state index < -0.39 is 22.4 Å². The number of carbonyl (C=O) groups is 1. The van der Waals surface area contributed by atoms with Crippen LogP contribution in [0.3, 0.4) is 0 Å². The van der Waals surface area contributed by atoms with Crippen LogP contribution in [0, 0.1) is 16.0 Å². The van der Waals surface area contributed by atoms with Gasteiger partial charge in [0.2, 0.25) is 11.9 Å². The number of alkyl halides is 3. The first kappa shape index (κ1) is 22.8. The van der Waals surface area contributed by atoms with Gasteiger partial charge in [-0.1, -0.05) is 11.6 Å². The zero-order chi connectivity index (χ0) is 23.9. The number of nitrogens with zero attached hydrogens (tertiary/aromatic N) is 4. The lowest BCUT2D eigenvalue weighted by atomic mass is 9.95. The van der Waals surface area contributed by atoms with Crippen molar-refractivity contribution in [3.63, 3.8) is 0 Å². The summed E-state index contributed by atoms with van der Waals surface area (Å²) in [6.07, 6.45) is -3.89. The number of aromatic nitrogens is 2. The zero-order valence-electron chi connectivity index (χ0n) is 17.4. The molecule has 1 aromatic heterocycles. The fraction of sp³-hybridized carbons (Fsp3) is 0.333. The third-order valence-electron chi connectivity index (χ3n) is 5.78. The van der Waals surface area contributed by atoms with Gasteiger partial charge >= 0.3 is 6.18 Å². The van der Waals surface area contributed by atoms with E-state index >= 15 is 0 Å². The van der Waals surface area contributed by atoms with Gasteiger partial charge in [0.1, 0.15) is 5.69 Å². The van der Waals surface area contributed by atoms with Crippen LogP contribution < -0.4 is 10.2 Å². The predicted molar refractivity (Wildman–Crippen MR) is 117 cm³/mol. The molecular weight excluding hydrogens is 463 g/mol. The first-order valence-electron chi connectivity index (χ1n) is 10.1. The van der Waals surface area contributed by atoms with Crippen molar-refractivity contribution in [3.05, 3.63) is 57.1 Å². The highest BCUT2D eigenvalue weighted by atomic mass is 35.5. The van der Waals surface area contributed by atoms with Gasteiger partial charge in [0, 0.05) is 37.1 Å². The summed E-state index contributed by atoms with van der Waals surface area (Å²) in [6, 6.07) is 7.72. The van der Waals surface area contributed by atoms with Gasteiger partial charge in [-0.05, 0) is 43.2 Å². The van der Waals surface area contributed by atoms with Gasteiger partial charge in [-0.25, -0.2) is 4.98 Å². The number of carbonyl (C=O) groups excluding carboxylic acids is 1. The first-order chi connectivity index (χ1) is 15.5. The quantitative estimate of drug-likeness (QED) is 0.417. The topological polar surface area (TPSA) is 93.3 Å². The Balaban J connectivity index is 1.45. The number of halogens is 4. The van der Waals surface area contributed by atoms with Crippen molar-refractivity contribution in [2.75, 3.05) is 23.3 Å². The summed E-state index contributed by atoms with van der Waals surface area (Å²) in [6.45, 7) is 0.588. The molecular formula is C21H19ClF3N5O3. The van der Waals surface area contributed by atoms with Crippen LogP contribution in [0.5, 0.6) is 0 Å². The standard InChI is InChI=1S/C21H19ClF3N5O3/c1-28-16-5-3-14(22)11-15(16)26-20(28)27-19(31)12-6-8-29(9-7-12)17-4-2-13(21(23,24)25)10-18(17)30(32)33/h2-5,10-12H,6-9H2,1H3,(H,26,27,31). The van der Waals surface area contributed by atoms with Gasteiger partial charge < -0.3 is 9.47 Å². The molecule has 0 bridgehead atoms. The van der Waals surface area contributed by atoms with Gasteiger partial charge in [0.25, 0.3) is 5.69 Å². The first-order valence-corrected chi connectivity index (χ1v) is 10.5. The minimum atomic E-state index is -4.67. The molecule has 2 heterocycles. The van der Waals surface area contributed by atoms with E-state index in [1.165, 1.54) is 0 Å². The van der Waals surface area contributed by atoms with Crippen LogP contribution >= 0.6 is 11.6 Å². The van der Waals surface area contributed by atoms with Crippen LogP contribution in [0.25, 0.3) is 11.0 Å². The van der Waals surface area contributed by atoms with Crippen molar-refractivity contribution in [3.8, 4) is 0 Å². The molecule has 3 aromatic rings. The Kier molecular flexibility index (Phi) is 5.91. The maximum Gasteiger partial charge on any atom is 0.416 e. The highest BCUT2D eigenvalue weighted by Crippen LogP contribution is 2.37. The van der Waals surface area contributed by atoms with Crippen molar-refractivity contribution in [2.24, 2.45) is 13.0 Å². The number of rotatable bonds is 4. The lowest BCUT2D eigenvalue weighted by Crippen LogP contribution is -2.38. The van der Waals surface area contributed by atoms with E-state index in [0.29, 0.717) is 48.5 Å². The van der Waals surface area contributed by atoms with Gasteiger partial charge in [-0.3, -0.25) is 20.2 Å². The number of aryl methyl sites for hydroxylation is 1. The van der Waals surface area contributed by atoms with E-state index in [1.807, 2.05) is 0 Å². The van der Waals surface area contributed by atoms with Crippen molar-refractivity contribution in [1.82, 2.24) is 9.55 Å². The molecule has 1 fully saturated rings. The van der Waals surface area contributed by atoms with Gasteiger partial charge in [0.05, 0.1) is 21.5 Å². The third kappa shape index (κ3) is 4.58. The number of amides is 1. The molecule has 0 atom stereocenters. The largest absolute Gasteiger partial charge is 0.416 e. The lowest BCUT2D eigenvalue weighted by molar-refractivity contribution is -0.384. The molecule has 1 aliphatic rings. The second-order valence-electron chi connectivity index (χ2n) is 7.84. The Morgan fingerprint density at radius 2 is 1.91 bits per heavy atom. The molecule has 0 radical (unpaired) electrons. The Morgan fingerprint density at radius 3 is 2.55 bits per heavy atom. The van der Waals surface area contributed by atoms with E-state index in [2.05, 4.69) is 10.3 Å². The Bertz CT molecular complexity index is 1240. The number of anilines is 2. The maximum atomic E-state index is 12.9. The molecule has 33 heavy (non-hydrogen) atoms. The average Bonchev–Trinajstić information content (AvgIpc) is 3.07. The molecule has 1 amide bonds. The molecule has 2 aromatic carbocycles. The van der Waals surface area contributed by atoms with Crippen molar-refractivity contribution >= 4 is 45.9 Å². The third-order valence-corrected chi connectivity index (χ3v) is 6.02. The number of hydrogen-bond donors (Lipinski definition) is 1. The molecule has 0 aliphatic carbocycles. The fourth-order valence-corrected chi connectivity index (χ4v) is 4.16. The van der Waals surface area contributed by atoms with Crippen LogP contribution in [0.2, 0.25) is 5.02 Å². The number of imidazole rings is 1. The van der Waals surface area contributed by atoms with Crippen LogP contribution in [0.1, 0.15) is 18.4 Å². The van der Waals surface area contributed by atoms with Crippen LogP contribution in [0.4, 0.5) is 30.5 Å². The highest BCUT2D eigenvalue weighted by Gasteiger charge is 2.35. The normalized spacial score (nSPS) is 15.1. The summed E-state index contributed by atoms with van der Waals surface area (Å²) < 4.78 is 40.6. The Labute approximate surface area is 191 Å². The van der Waals surface area contributed by atoms with E-state index in [4.69, 9.17) is 11.6 Å². The molecule has 12 heteroatoms. The summed E-state index contributed by atoms with van der Waals surface area (Å²) in [5, 5.41) is 14.7. The summed E-state index contributed by atoms with van der Waals surface area (Å²) in [7, 11) is 1.77. The second kappa shape index (κ2) is 8.54. The summed E-state index contributed by atoms with van der Waals surface area (Å²) in [5.74, 6) is -0.225. The Morgan fingerprint density at radius 1 is 1.21 bits per heavy atom. The second-order valence-corrected chi connectivity index (χ2v) is 8.27. The molecule has 174 valence electrons. The van der Waals surface area contributed by atoms with Crippen LogP contribution in [0.15, 0.2) is 36.4 Å². The number of benzene rings is 2. The van der Waals surface area contributed by atoms with Gasteiger partial charge in [0.15, 0.2) is 0 Å². The van der Waals surface area contributed by atoms with E-state index in [0.717, 1.165) is 17.6 Å². The summed E-state index contributed by atoms with van der Waals surface area (Å²) >= 11 is 5.99. The smallest absolute Gasteiger partial charge is 0.366 e. The van der Waals surface area contributed by atoms with Crippen molar-refractivity contribution in [1.29, 1.82) is 0 Å². The van der Waals surface area contributed by atoms with E-state index in [9.17, 15) is 28.1 Å². The molecule has 0 saturated carbocycles.